The van der Waals surface area contributed by atoms with Crippen molar-refractivity contribution >= 4 is 23.0 Å². The van der Waals surface area contributed by atoms with Crippen LogP contribution >= 0.6 is 11.6 Å². The van der Waals surface area contributed by atoms with Crippen LogP contribution < -0.4 is 10.6 Å². The second kappa shape index (κ2) is 5.64. The highest BCUT2D eigenvalue weighted by Crippen LogP contribution is 2.27. The molecule has 0 aliphatic carbocycles. The normalized spacial score (nSPS) is 9.95. The average Bonchev–Trinajstić information content (AvgIpc) is 2.42. The standard InChI is InChI=1S/C15H14ClN3/c1-19(15-8-13(16)6-7-14(15)18)10-12-4-2-11(9-17)3-5-12/h2-8H,10,18H2,1H3. The van der Waals surface area contributed by atoms with Crippen molar-refractivity contribution in [3.8, 4) is 6.07 Å². The molecule has 0 atom stereocenters. The minimum absolute atomic E-state index is 0.661. The van der Waals surface area contributed by atoms with Gasteiger partial charge in [-0.25, -0.2) is 0 Å². The molecule has 0 spiro atoms. The minimum atomic E-state index is 0.661. The Morgan fingerprint density at radius 3 is 2.53 bits per heavy atom. The van der Waals surface area contributed by atoms with Gasteiger partial charge in [-0.3, -0.25) is 0 Å². The van der Waals surface area contributed by atoms with E-state index in [1.54, 1.807) is 12.1 Å². The van der Waals surface area contributed by atoms with Crippen molar-refractivity contribution in [1.29, 1.82) is 5.26 Å². The van der Waals surface area contributed by atoms with Gasteiger partial charge in [0.15, 0.2) is 0 Å². The summed E-state index contributed by atoms with van der Waals surface area (Å²) in [6.07, 6.45) is 0. The van der Waals surface area contributed by atoms with Gasteiger partial charge in [0.05, 0.1) is 23.0 Å². The van der Waals surface area contributed by atoms with E-state index in [9.17, 15) is 0 Å². The molecular weight excluding hydrogens is 258 g/mol. The Morgan fingerprint density at radius 2 is 1.89 bits per heavy atom. The molecule has 2 rings (SSSR count). The first-order valence-corrected chi connectivity index (χ1v) is 6.23. The lowest BCUT2D eigenvalue weighted by molar-refractivity contribution is 0.924. The van der Waals surface area contributed by atoms with E-state index in [1.807, 2.05) is 42.3 Å². The van der Waals surface area contributed by atoms with Crippen LogP contribution in [-0.4, -0.2) is 7.05 Å². The van der Waals surface area contributed by atoms with Gasteiger partial charge in [-0.15, -0.1) is 0 Å². The molecule has 0 saturated heterocycles. The van der Waals surface area contributed by atoms with Crippen LogP contribution in [0.5, 0.6) is 0 Å². The first kappa shape index (κ1) is 13.3. The van der Waals surface area contributed by atoms with Gasteiger partial charge < -0.3 is 10.6 Å². The Hall–Kier alpha value is -2.18. The molecule has 0 fully saturated rings. The highest BCUT2D eigenvalue weighted by atomic mass is 35.5. The largest absolute Gasteiger partial charge is 0.397 e. The van der Waals surface area contributed by atoms with Crippen molar-refractivity contribution < 1.29 is 0 Å². The van der Waals surface area contributed by atoms with E-state index in [2.05, 4.69) is 6.07 Å². The van der Waals surface area contributed by atoms with E-state index in [4.69, 9.17) is 22.6 Å². The number of rotatable bonds is 3. The zero-order valence-corrected chi connectivity index (χ0v) is 11.4. The number of hydrogen-bond donors (Lipinski definition) is 1. The summed E-state index contributed by atoms with van der Waals surface area (Å²) in [5.41, 5.74) is 9.31. The third kappa shape index (κ3) is 3.18. The maximum atomic E-state index is 8.76. The van der Waals surface area contributed by atoms with E-state index in [-0.39, 0.29) is 0 Å². The van der Waals surface area contributed by atoms with Gasteiger partial charge in [0.1, 0.15) is 0 Å². The van der Waals surface area contributed by atoms with Crippen LogP contribution in [0.3, 0.4) is 0 Å². The van der Waals surface area contributed by atoms with Gasteiger partial charge >= 0.3 is 0 Å². The molecule has 3 nitrogen and oxygen atoms in total. The van der Waals surface area contributed by atoms with Crippen molar-refractivity contribution in [3.63, 3.8) is 0 Å². The van der Waals surface area contributed by atoms with E-state index in [1.165, 1.54) is 0 Å². The molecule has 19 heavy (non-hydrogen) atoms. The van der Waals surface area contributed by atoms with Crippen LogP contribution in [0.15, 0.2) is 42.5 Å². The maximum absolute atomic E-state index is 8.76. The Balaban J connectivity index is 2.18. The fourth-order valence-corrected chi connectivity index (χ4v) is 2.06. The van der Waals surface area contributed by atoms with E-state index < -0.39 is 0 Å². The summed E-state index contributed by atoms with van der Waals surface area (Å²) >= 11 is 5.99. The molecule has 96 valence electrons. The second-order valence-electron chi connectivity index (χ2n) is 4.37. The summed E-state index contributed by atoms with van der Waals surface area (Å²) in [4.78, 5) is 2.03. The summed E-state index contributed by atoms with van der Waals surface area (Å²) in [5, 5.41) is 9.43. The fourth-order valence-electron chi connectivity index (χ4n) is 1.89. The second-order valence-corrected chi connectivity index (χ2v) is 4.80. The van der Waals surface area contributed by atoms with Crippen LogP contribution in [0, 0.1) is 11.3 Å². The molecule has 0 heterocycles. The topological polar surface area (TPSA) is 53.0 Å². The van der Waals surface area contributed by atoms with Crippen LogP contribution in [-0.2, 0) is 6.54 Å². The van der Waals surface area contributed by atoms with Crippen molar-refractivity contribution in [2.75, 3.05) is 17.7 Å². The molecule has 0 aliphatic rings. The number of nitrogen functional groups attached to an aromatic ring is 1. The molecule has 2 aromatic rings. The summed E-state index contributed by atoms with van der Waals surface area (Å²) in [5.74, 6) is 0. The van der Waals surface area contributed by atoms with E-state index in [0.717, 1.165) is 11.3 Å². The molecule has 0 radical (unpaired) electrons. The van der Waals surface area contributed by atoms with Crippen molar-refractivity contribution in [1.82, 2.24) is 0 Å². The van der Waals surface area contributed by atoms with Crippen molar-refractivity contribution in [3.05, 3.63) is 58.6 Å². The number of benzene rings is 2. The lowest BCUT2D eigenvalue weighted by atomic mass is 10.1. The average molecular weight is 272 g/mol. The van der Waals surface area contributed by atoms with Gasteiger partial charge in [0, 0.05) is 18.6 Å². The molecular formula is C15H14ClN3. The van der Waals surface area contributed by atoms with Crippen LogP contribution in [0.2, 0.25) is 5.02 Å². The van der Waals surface area contributed by atoms with Crippen LogP contribution in [0.1, 0.15) is 11.1 Å². The lowest BCUT2D eigenvalue weighted by Crippen LogP contribution is -2.17. The Labute approximate surface area is 117 Å². The first-order chi connectivity index (χ1) is 9.10. The molecule has 0 aromatic heterocycles. The number of halogens is 1. The SMILES string of the molecule is CN(Cc1ccc(C#N)cc1)c1cc(Cl)ccc1N. The van der Waals surface area contributed by atoms with Gasteiger partial charge in [-0.1, -0.05) is 23.7 Å². The molecule has 0 bridgehead atoms. The van der Waals surface area contributed by atoms with E-state index >= 15 is 0 Å². The van der Waals surface area contributed by atoms with Gasteiger partial charge in [0.25, 0.3) is 0 Å². The molecule has 2 N–H and O–H groups in total. The van der Waals surface area contributed by atoms with Crippen molar-refractivity contribution in [2.24, 2.45) is 0 Å². The van der Waals surface area contributed by atoms with Crippen molar-refractivity contribution in [2.45, 2.75) is 6.54 Å². The predicted octanol–water partition coefficient (Wildman–Crippen LogP) is 3.43. The molecule has 2 aromatic carbocycles. The smallest absolute Gasteiger partial charge is 0.0991 e. The Morgan fingerprint density at radius 1 is 1.21 bits per heavy atom. The highest BCUT2D eigenvalue weighted by molar-refractivity contribution is 6.31. The summed E-state index contributed by atoms with van der Waals surface area (Å²) in [6, 6.07) is 15.0. The zero-order chi connectivity index (χ0) is 13.8. The van der Waals surface area contributed by atoms with Gasteiger partial charge in [-0.05, 0) is 35.9 Å². The van der Waals surface area contributed by atoms with Crippen LogP contribution in [0.4, 0.5) is 11.4 Å². The number of nitriles is 1. The minimum Gasteiger partial charge on any atom is -0.397 e. The number of anilines is 2. The Bertz CT molecular complexity index is 614. The summed E-state index contributed by atoms with van der Waals surface area (Å²) < 4.78 is 0. The first-order valence-electron chi connectivity index (χ1n) is 5.85. The third-order valence-electron chi connectivity index (χ3n) is 2.91. The Kier molecular flexibility index (Phi) is 3.94. The molecule has 0 saturated carbocycles. The highest BCUT2D eigenvalue weighted by Gasteiger charge is 2.07. The summed E-state index contributed by atoms with van der Waals surface area (Å²) in [7, 11) is 1.96. The molecule has 0 amide bonds. The third-order valence-corrected chi connectivity index (χ3v) is 3.14. The monoisotopic (exact) mass is 271 g/mol. The lowest BCUT2D eigenvalue weighted by Gasteiger charge is -2.21. The predicted molar refractivity (Wildman–Crippen MR) is 79.1 cm³/mol. The maximum Gasteiger partial charge on any atom is 0.0991 e. The van der Waals surface area contributed by atoms with Crippen LogP contribution in [0.25, 0.3) is 0 Å². The zero-order valence-electron chi connectivity index (χ0n) is 10.6. The fraction of sp³-hybridized carbons (Fsp3) is 0.133. The van der Waals surface area contributed by atoms with E-state index in [0.29, 0.717) is 22.8 Å². The molecule has 0 aliphatic heterocycles. The van der Waals surface area contributed by atoms with Gasteiger partial charge in [0.2, 0.25) is 0 Å². The van der Waals surface area contributed by atoms with Gasteiger partial charge in [-0.2, -0.15) is 5.26 Å². The number of nitrogens with two attached hydrogens (primary N) is 1. The number of nitrogens with zero attached hydrogens (tertiary/aromatic N) is 2. The quantitative estimate of drug-likeness (QED) is 0.870. The molecule has 0 unspecified atom stereocenters. The number of hydrogen-bond acceptors (Lipinski definition) is 3. The summed E-state index contributed by atoms with van der Waals surface area (Å²) in [6.45, 7) is 0.705. The molecule has 4 heteroatoms.